The van der Waals surface area contributed by atoms with Crippen molar-refractivity contribution >= 4 is 5.91 Å². The lowest BCUT2D eigenvalue weighted by Gasteiger charge is -2.43. The zero-order valence-electron chi connectivity index (χ0n) is 18.9. The number of morpholine rings is 1. The predicted molar refractivity (Wildman–Crippen MR) is 118 cm³/mol. The van der Waals surface area contributed by atoms with Gasteiger partial charge in [-0.05, 0) is 31.3 Å². The third kappa shape index (κ3) is 5.85. The molecule has 2 fully saturated rings. The second-order valence-electron chi connectivity index (χ2n) is 8.87. The average Bonchev–Trinajstić information content (AvgIpc) is 3.18. The Morgan fingerprint density at radius 2 is 1.91 bits per heavy atom. The van der Waals surface area contributed by atoms with Gasteiger partial charge in [0.05, 0.1) is 19.2 Å². The van der Waals surface area contributed by atoms with Crippen LogP contribution < -0.4 is 4.74 Å². The lowest BCUT2D eigenvalue weighted by atomic mass is 9.96. The van der Waals surface area contributed by atoms with E-state index in [4.69, 9.17) is 9.47 Å². The van der Waals surface area contributed by atoms with Gasteiger partial charge in [-0.25, -0.2) is 4.39 Å². The van der Waals surface area contributed by atoms with Crippen LogP contribution in [0, 0.1) is 5.82 Å². The van der Waals surface area contributed by atoms with Crippen LogP contribution >= 0.6 is 0 Å². The molecule has 9 heteroatoms. The predicted octanol–water partition coefficient (Wildman–Crippen LogP) is 1.37. The van der Waals surface area contributed by atoms with E-state index in [0.717, 1.165) is 44.8 Å². The van der Waals surface area contributed by atoms with E-state index >= 15 is 0 Å². The van der Waals surface area contributed by atoms with Gasteiger partial charge < -0.3 is 19.3 Å². The number of hydrogen-bond acceptors (Lipinski definition) is 6. The number of nitrogens with zero attached hydrogens (tertiary/aromatic N) is 5. The van der Waals surface area contributed by atoms with Gasteiger partial charge in [-0.2, -0.15) is 5.10 Å². The number of likely N-dealkylation sites (N-methyl/N-ethyl adjacent to an activating group) is 1. The fraction of sp³-hybridized carbons (Fsp3) is 0.565. The van der Waals surface area contributed by atoms with Crippen LogP contribution in [0.25, 0.3) is 0 Å². The molecule has 0 saturated carbocycles. The first-order valence-corrected chi connectivity index (χ1v) is 11.1. The molecule has 4 rings (SSSR count). The van der Waals surface area contributed by atoms with E-state index < -0.39 is 5.60 Å². The number of piperazine rings is 1. The van der Waals surface area contributed by atoms with Crippen LogP contribution in [0.1, 0.15) is 12.0 Å². The number of hydrogen-bond donors (Lipinski definition) is 0. The second kappa shape index (κ2) is 9.97. The smallest absolute Gasteiger partial charge is 0.225 e. The lowest BCUT2D eigenvalue weighted by Crippen LogP contribution is -2.58. The van der Waals surface area contributed by atoms with Crippen molar-refractivity contribution < 1.29 is 18.7 Å². The third-order valence-electron chi connectivity index (χ3n) is 6.14. The highest BCUT2D eigenvalue weighted by Gasteiger charge is 2.41. The van der Waals surface area contributed by atoms with Crippen molar-refractivity contribution in [2.45, 2.75) is 18.6 Å². The maximum atomic E-state index is 13.3. The van der Waals surface area contributed by atoms with Gasteiger partial charge in [-0.3, -0.25) is 14.4 Å². The number of ether oxygens (including phenoxy) is 2. The summed E-state index contributed by atoms with van der Waals surface area (Å²) in [5.41, 5.74) is 0.350. The van der Waals surface area contributed by atoms with Crippen LogP contribution in [-0.4, -0.2) is 95.5 Å². The van der Waals surface area contributed by atoms with Gasteiger partial charge in [-0.1, -0.05) is 0 Å². The van der Waals surface area contributed by atoms with Crippen LogP contribution in [0.4, 0.5) is 4.39 Å². The molecule has 0 aliphatic carbocycles. The fourth-order valence-electron chi connectivity index (χ4n) is 4.30. The van der Waals surface area contributed by atoms with Crippen molar-refractivity contribution in [1.29, 1.82) is 0 Å². The summed E-state index contributed by atoms with van der Waals surface area (Å²) in [7, 11) is 3.97. The molecule has 2 aromatic rings. The van der Waals surface area contributed by atoms with Crippen molar-refractivity contribution in [2.24, 2.45) is 7.05 Å². The highest BCUT2D eigenvalue weighted by Crippen LogP contribution is 2.26. The Labute approximate surface area is 188 Å². The molecule has 1 atom stereocenters. The Morgan fingerprint density at radius 1 is 1.16 bits per heavy atom. The topological polar surface area (TPSA) is 63.1 Å². The highest BCUT2D eigenvalue weighted by atomic mass is 19.1. The number of amides is 1. The van der Waals surface area contributed by atoms with E-state index in [9.17, 15) is 9.18 Å². The normalized spacial score (nSPS) is 22.8. The first-order chi connectivity index (χ1) is 15.4. The minimum absolute atomic E-state index is 0.0871. The molecule has 1 aromatic heterocycles. The fourth-order valence-corrected chi connectivity index (χ4v) is 4.30. The van der Waals surface area contributed by atoms with Crippen molar-refractivity contribution in [2.75, 3.05) is 59.5 Å². The summed E-state index contributed by atoms with van der Waals surface area (Å²) >= 11 is 0. The number of rotatable bonds is 7. The Balaban J connectivity index is 1.47. The molecule has 0 bridgehead atoms. The zero-order chi connectivity index (χ0) is 22.6. The monoisotopic (exact) mass is 445 g/mol. The quantitative estimate of drug-likeness (QED) is 0.642. The molecule has 2 saturated heterocycles. The summed E-state index contributed by atoms with van der Waals surface area (Å²) in [6.07, 6.45) is 4.12. The molecule has 1 unspecified atom stereocenters. The highest BCUT2D eigenvalue weighted by molar-refractivity contribution is 5.77. The second-order valence-corrected chi connectivity index (χ2v) is 8.87. The maximum absolute atomic E-state index is 13.3. The molecule has 0 spiro atoms. The minimum Gasteiger partial charge on any atom is -0.491 e. The minimum atomic E-state index is -0.769. The maximum Gasteiger partial charge on any atom is 0.225 e. The Hall–Kier alpha value is -2.49. The summed E-state index contributed by atoms with van der Waals surface area (Å²) in [6.45, 7) is 6.02. The van der Waals surface area contributed by atoms with Gasteiger partial charge in [0.25, 0.3) is 0 Å². The lowest BCUT2D eigenvalue weighted by molar-refractivity contribution is -0.157. The van der Waals surface area contributed by atoms with Gasteiger partial charge in [0.2, 0.25) is 5.91 Å². The SMILES string of the molecule is CN1CCN(C(=O)CC2(COc3ccc(F)cc3)CN(Cc3cnn(C)c3)CCO2)CC1. The zero-order valence-corrected chi connectivity index (χ0v) is 18.9. The van der Waals surface area contributed by atoms with E-state index in [2.05, 4.69) is 21.9 Å². The van der Waals surface area contributed by atoms with E-state index in [1.165, 1.54) is 12.1 Å². The Morgan fingerprint density at radius 3 is 2.59 bits per heavy atom. The molecule has 174 valence electrons. The van der Waals surface area contributed by atoms with Crippen molar-refractivity contribution in [3.05, 3.63) is 48.0 Å². The Kier molecular flexibility index (Phi) is 7.07. The van der Waals surface area contributed by atoms with Crippen molar-refractivity contribution in [3.63, 3.8) is 0 Å². The molecule has 1 amide bonds. The van der Waals surface area contributed by atoms with Gasteiger partial charge in [0.1, 0.15) is 23.8 Å². The third-order valence-corrected chi connectivity index (χ3v) is 6.14. The van der Waals surface area contributed by atoms with E-state index in [1.54, 1.807) is 16.8 Å². The molecular formula is C23H32FN5O3. The summed E-state index contributed by atoms with van der Waals surface area (Å²) in [6, 6.07) is 5.94. The Bertz CT molecular complexity index is 897. The number of halogens is 1. The molecule has 1 aromatic carbocycles. The molecule has 8 nitrogen and oxygen atoms in total. The standard InChI is InChI=1S/C23H32FN5O3/c1-26-7-9-29(10-8-26)22(30)13-23(18-31-21-5-3-20(24)4-6-21)17-28(11-12-32-23)16-19-14-25-27(2)15-19/h3-6,14-15H,7-13,16-18H2,1-2H3. The van der Waals surface area contributed by atoms with E-state index in [0.29, 0.717) is 18.9 Å². The van der Waals surface area contributed by atoms with Crippen LogP contribution in [0.15, 0.2) is 36.7 Å². The first kappa shape index (κ1) is 22.7. The summed E-state index contributed by atoms with van der Waals surface area (Å²) in [4.78, 5) is 19.6. The molecule has 2 aliphatic heterocycles. The summed E-state index contributed by atoms with van der Waals surface area (Å²) < 4.78 is 27.3. The summed E-state index contributed by atoms with van der Waals surface area (Å²) in [5, 5.41) is 4.26. The van der Waals surface area contributed by atoms with Crippen molar-refractivity contribution in [1.82, 2.24) is 24.5 Å². The van der Waals surface area contributed by atoms with Crippen LogP contribution in [0.2, 0.25) is 0 Å². The van der Waals surface area contributed by atoms with Crippen LogP contribution in [0.5, 0.6) is 5.75 Å². The molecule has 3 heterocycles. The number of carbonyl (C=O) groups is 1. The van der Waals surface area contributed by atoms with E-state index in [-0.39, 0.29) is 24.8 Å². The number of aryl methyl sites for hydroxylation is 1. The average molecular weight is 446 g/mol. The van der Waals surface area contributed by atoms with Gasteiger partial charge in [-0.15, -0.1) is 0 Å². The number of benzene rings is 1. The molecule has 0 N–H and O–H groups in total. The van der Waals surface area contributed by atoms with Gasteiger partial charge >= 0.3 is 0 Å². The number of aromatic nitrogens is 2. The molecule has 0 radical (unpaired) electrons. The van der Waals surface area contributed by atoms with Crippen molar-refractivity contribution in [3.8, 4) is 5.75 Å². The van der Waals surface area contributed by atoms with Crippen LogP contribution in [0.3, 0.4) is 0 Å². The van der Waals surface area contributed by atoms with Gasteiger partial charge in [0.15, 0.2) is 0 Å². The number of carbonyl (C=O) groups excluding carboxylic acids is 1. The summed E-state index contributed by atoms with van der Waals surface area (Å²) in [5.74, 6) is 0.337. The molecular weight excluding hydrogens is 413 g/mol. The largest absolute Gasteiger partial charge is 0.491 e. The van der Waals surface area contributed by atoms with Gasteiger partial charge in [0, 0.05) is 64.6 Å². The van der Waals surface area contributed by atoms with E-state index in [1.807, 2.05) is 24.3 Å². The first-order valence-electron chi connectivity index (χ1n) is 11.1. The molecule has 32 heavy (non-hydrogen) atoms. The molecule has 2 aliphatic rings. The van der Waals surface area contributed by atoms with Crippen LogP contribution in [-0.2, 0) is 23.1 Å².